The van der Waals surface area contributed by atoms with Crippen molar-refractivity contribution in [3.8, 4) is 5.75 Å². The average molecular weight is 316 g/mol. The molecule has 0 radical (unpaired) electrons. The van der Waals surface area contributed by atoms with Crippen molar-refractivity contribution in [1.29, 1.82) is 0 Å². The number of benzene rings is 1. The van der Waals surface area contributed by atoms with E-state index in [9.17, 15) is 0 Å². The summed E-state index contributed by atoms with van der Waals surface area (Å²) in [6.07, 6.45) is 1.77. The molecule has 0 saturated heterocycles. The quantitative estimate of drug-likeness (QED) is 0.813. The van der Waals surface area contributed by atoms with Crippen LogP contribution in [0.4, 0.5) is 0 Å². The van der Waals surface area contributed by atoms with E-state index in [2.05, 4.69) is 35.0 Å². The first kappa shape index (κ1) is 14.5. The summed E-state index contributed by atoms with van der Waals surface area (Å²) in [5.41, 5.74) is 6.81. The molecule has 0 bridgehead atoms. The van der Waals surface area contributed by atoms with E-state index in [-0.39, 0.29) is 0 Å². The minimum atomic E-state index is 0.470. The fourth-order valence-electron chi connectivity index (χ4n) is 1.76. The molecule has 1 atom stereocenters. The van der Waals surface area contributed by atoms with Gasteiger partial charge in [-0.1, -0.05) is 25.2 Å². The van der Waals surface area contributed by atoms with E-state index in [1.54, 1.807) is 0 Å². The number of rotatable bonds is 6. The topological polar surface area (TPSA) is 35.2 Å². The van der Waals surface area contributed by atoms with Gasteiger partial charge in [0.2, 0.25) is 0 Å². The minimum absolute atomic E-state index is 0.470. The normalized spacial score (nSPS) is 12.2. The van der Waals surface area contributed by atoms with Crippen LogP contribution in [0.15, 0.2) is 22.7 Å². The Labute approximate surface area is 117 Å². The van der Waals surface area contributed by atoms with Crippen LogP contribution in [0.2, 0.25) is 0 Å². The minimum Gasteiger partial charge on any atom is -0.493 e. The van der Waals surface area contributed by atoms with Crippen LogP contribution in [0.1, 0.15) is 25.8 Å². The lowest BCUT2D eigenvalue weighted by molar-refractivity contribution is 0.338. The highest BCUT2D eigenvalue weighted by atomic mass is 79.9. The molecule has 0 aliphatic rings. The van der Waals surface area contributed by atoms with Crippen LogP contribution in [0.5, 0.6) is 5.75 Å². The molecule has 1 aromatic rings. The van der Waals surface area contributed by atoms with Crippen LogP contribution in [0.3, 0.4) is 0 Å². The number of nitrogens with two attached hydrogens (primary N) is 1. The first-order chi connectivity index (χ1) is 8.02. The lowest BCUT2D eigenvalue weighted by Crippen LogP contribution is -2.13. The molecule has 2 N–H and O–H groups in total. The number of hydrogen-bond acceptors (Lipinski definition) is 2. The molecule has 17 heavy (non-hydrogen) atoms. The predicted molar refractivity (Wildman–Crippen MR) is 79.6 cm³/mol. The Bertz CT molecular complexity index is 395. The van der Waals surface area contributed by atoms with Crippen molar-refractivity contribution in [2.45, 2.75) is 26.7 Å². The number of thiocarbonyl (C=S) groups is 1. The maximum atomic E-state index is 5.54. The van der Waals surface area contributed by atoms with Gasteiger partial charge in [-0.3, -0.25) is 0 Å². The van der Waals surface area contributed by atoms with Crippen molar-refractivity contribution in [2.24, 2.45) is 11.7 Å². The number of halogens is 1. The highest BCUT2D eigenvalue weighted by Gasteiger charge is 2.07. The predicted octanol–water partition coefficient (Wildman–Crippen LogP) is 3.70. The first-order valence-electron chi connectivity index (χ1n) is 5.72. The summed E-state index contributed by atoms with van der Waals surface area (Å²) in [7, 11) is 0. The molecule has 0 aromatic heterocycles. The monoisotopic (exact) mass is 315 g/mol. The Morgan fingerprint density at radius 2 is 2.24 bits per heavy atom. The van der Waals surface area contributed by atoms with Crippen molar-refractivity contribution in [3.63, 3.8) is 0 Å². The Morgan fingerprint density at radius 1 is 1.53 bits per heavy atom. The van der Waals surface area contributed by atoms with E-state index in [0.29, 0.717) is 17.5 Å². The first-order valence-corrected chi connectivity index (χ1v) is 6.92. The van der Waals surface area contributed by atoms with Gasteiger partial charge < -0.3 is 10.5 Å². The molecule has 1 rings (SSSR count). The third-order valence-electron chi connectivity index (χ3n) is 2.43. The van der Waals surface area contributed by atoms with Crippen LogP contribution >= 0.6 is 28.1 Å². The molecule has 1 unspecified atom stereocenters. The molecule has 0 amide bonds. The molecule has 1 aromatic carbocycles. The Balaban J connectivity index is 2.66. The van der Waals surface area contributed by atoms with Gasteiger partial charge in [0.25, 0.3) is 0 Å². The van der Waals surface area contributed by atoms with Gasteiger partial charge in [-0.25, -0.2) is 0 Å². The molecular formula is C13H18BrNOS. The van der Waals surface area contributed by atoms with Gasteiger partial charge >= 0.3 is 0 Å². The zero-order chi connectivity index (χ0) is 12.8. The summed E-state index contributed by atoms with van der Waals surface area (Å²) in [6.45, 7) is 4.81. The smallest absolute Gasteiger partial charge is 0.133 e. The van der Waals surface area contributed by atoms with E-state index in [1.165, 1.54) is 5.56 Å². The van der Waals surface area contributed by atoms with Gasteiger partial charge in [0.1, 0.15) is 5.75 Å². The SMILES string of the molecule is CCOc1ccc(CC(C)CC(N)=S)cc1Br. The Morgan fingerprint density at radius 3 is 2.76 bits per heavy atom. The van der Waals surface area contributed by atoms with E-state index >= 15 is 0 Å². The maximum absolute atomic E-state index is 5.54. The largest absolute Gasteiger partial charge is 0.493 e. The number of hydrogen-bond donors (Lipinski definition) is 1. The fraction of sp³-hybridized carbons (Fsp3) is 0.462. The highest BCUT2D eigenvalue weighted by Crippen LogP contribution is 2.27. The van der Waals surface area contributed by atoms with Crippen molar-refractivity contribution in [3.05, 3.63) is 28.2 Å². The van der Waals surface area contributed by atoms with E-state index in [4.69, 9.17) is 22.7 Å². The Kier molecular flexibility index (Phi) is 5.92. The van der Waals surface area contributed by atoms with Gasteiger partial charge in [-0.15, -0.1) is 0 Å². The second kappa shape index (κ2) is 6.97. The molecule has 0 heterocycles. The molecule has 0 fully saturated rings. The van der Waals surface area contributed by atoms with Crippen molar-refractivity contribution < 1.29 is 4.74 Å². The van der Waals surface area contributed by atoms with Crippen molar-refractivity contribution >= 4 is 33.1 Å². The summed E-state index contributed by atoms with van der Waals surface area (Å²) in [5.74, 6) is 1.36. The highest BCUT2D eigenvalue weighted by molar-refractivity contribution is 9.10. The second-order valence-corrected chi connectivity index (χ2v) is 5.56. The van der Waals surface area contributed by atoms with Crippen LogP contribution in [0.25, 0.3) is 0 Å². The lowest BCUT2D eigenvalue weighted by atomic mass is 9.98. The van der Waals surface area contributed by atoms with Gasteiger partial charge in [0.15, 0.2) is 0 Å². The molecule has 0 aliphatic heterocycles. The average Bonchev–Trinajstić information content (AvgIpc) is 2.21. The zero-order valence-electron chi connectivity index (χ0n) is 10.2. The molecule has 2 nitrogen and oxygen atoms in total. The second-order valence-electron chi connectivity index (χ2n) is 4.18. The van der Waals surface area contributed by atoms with Crippen LogP contribution in [-0.2, 0) is 6.42 Å². The van der Waals surface area contributed by atoms with E-state index in [1.807, 2.05) is 13.0 Å². The van der Waals surface area contributed by atoms with Gasteiger partial charge in [-0.2, -0.15) is 0 Å². The third-order valence-corrected chi connectivity index (χ3v) is 3.22. The van der Waals surface area contributed by atoms with Crippen LogP contribution in [0, 0.1) is 5.92 Å². The molecule has 0 spiro atoms. The van der Waals surface area contributed by atoms with Crippen molar-refractivity contribution in [1.82, 2.24) is 0 Å². The molecule has 4 heteroatoms. The summed E-state index contributed by atoms with van der Waals surface area (Å²) in [4.78, 5) is 0.586. The van der Waals surface area contributed by atoms with E-state index < -0.39 is 0 Å². The van der Waals surface area contributed by atoms with Gasteiger partial charge in [0, 0.05) is 6.42 Å². The summed E-state index contributed by atoms with van der Waals surface area (Å²) in [6, 6.07) is 6.18. The molecular weight excluding hydrogens is 298 g/mol. The van der Waals surface area contributed by atoms with Crippen molar-refractivity contribution in [2.75, 3.05) is 6.61 Å². The summed E-state index contributed by atoms with van der Waals surface area (Å²) >= 11 is 8.43. The summed E-state index contributed by atoms with van der Waals surface area (Å²) in [5, 5.41) is 0. The standard InChI is InChI=1S/C13H18BrNOS/c1-3-16-12-5-4-10(8-11(12)14)6-9(2)7-13(15)17/h4-5,8-9H,3,6-7H2,1-2H3,(H2,15,17). The molecule has 94 valence electrons. The lowest BCUT2D eigenvalue weighted by Gasteiger charge is -2.12. The molecule has 0 aliphatic carbocycles. The fourth-order valence-corrected chi connectivity index (χ4v) is 2.59. The van der Waals surface area contributed by atoms with Gasteiger partial charge in [0.05, 0.1) is 16.1 Å². The third kappa shape index (κ3) is 5.04. The Hall–Kier alpha value is -0.610. The van der Waals surface area contributed by atoms with Gasteiger partial charge in [-0.05, 0) is 52.9 Å². The zero-order valence-corrected chi connectivity index (χ0v) is 12.6. The number of ether oxygens (including phenoxy) is 1. The van der Waals surface area contributed by atoms with Crippen LogP contribution in [-0.4, -0.2) is 11.6 Å². The van der Waals surface area contributed by atoms with E-state index in [0.717, 1.165) is 23.1 Å². The molecule has 0 saturated carbocycles. The van der Waals surface area contributed by atoms with Crippen LogP contribution < -0.4 is 10.5 Å². The maximum Gasteiger partial charge on any atom is 0.133 e. The summed E-state index contributed by atoms with van der Waals surface area (Å²) < 4.78 is 6.47.